The molecule has 0 spiro atoms. The molecule has 2 heteroatoms. The Morgan fingerprint density at radius 3 is 2.57 bits per heavy atom. The first-order valence-corrected chi connectivity index (χ1v) is 7.85. The number of halogens is 1. The van der Waals surface area contributed by atoms with Crippen LogP contribution >= 0.6 is 0 Å². The smallest absolute Gasteiger partial charge is 0.148 e. The van der Waals surface area contributed by atoms with E-state index in [9.17, 15) is 4.39 Å². The van der Waals surface area contributed by atoms with Gasteiger partial charge >= 0.3 is 0 Å². The maximum absolute atomic E-state index is 14.1. The van der Waals surface area contributed by atoms with Gasteiger partial charge in [-0.2, -0.15) is 5.26 Å². The third kappa shape index (κ3) is 2.65. The lowest BCUT2D eigenvalue weighted by Gasteiger charge is -2.28. The summed E-state index contributed by atoms with van der Waals surface area (Å²) in [5.41, 5.74) is 1.44. The zero-order valence-electron chi connectivity index (χ0n) is 12.4. The van der Waals surface area contributed by atoms with E-state index in [4.69, 9.17) is 5.26 Å². The van der Waals surface area contributed by atoms with E-state index in [1.54, 1.807) is 6.07 Å². The summed E-state index contributed by atoms with van der Waals surface area (Å²) in [5, 5.41) is 10.4. The fourth-order valence-corrected chi connectivity index (χ4v) is 3.55. The minimum atomic E-state index is -0.392. The maximum atomic E-state index is 14.1. The molecule has 1 fully saturated rings. The Labute approximate surface area is 125 Å². The Bertz CT molecular complexity index is 691. The third-order valence-corrected chi connectivity index (χ3v) is 4.99. The van der Waals surface area contributed by atoms with Gasteiger partial charge in [0.1, 0.15) is 11.9 Å². The van der Waals surface area contributed by atoms with Crippen LogP contribution in [0.1, 0.15) is 56.1 Å². The standard InChI is InChI=1S/C19H20FN/c1-2-13-3-5-14(6-4-13)15-9-10-18-16(11-15)7-8-17(12-21)19(18)20/h7-11,13-14H,2-6H2,1H3/t13-,14-. The first-order valence-electron chi connectivity index (χ1n) is 7.85. The van der Waals surface area contributed by atoms with Crippen LogP contribution in [0.15, 0.2) is 30.3 Å². The van der Waals surface area contributed by atoms with Gasteiger partial charge < -0.3 is 0 Å². The van der Waals surface area contributed by atoms with Crippen LogP contribution in [0.2, 0.25) is 0 Å². The molecular weight excluding hydrogens is 261 g/mol. The molecule has 0 aliphatic heterocycles. The molecule has 1 aliphatic carbocycles. The Morgan fingerprint density at radius 1 is 1.14 bits per heavy atom. The molecule has 0 unspecified atom stereocenters. The van der Waals surface area contributed by atoms with Gasteiger partial charge in [0.25, 0.3) is 0 Å². The SMILES string of the molecule is CC[C@H]1CC[C@H](c2ccc3c(F)c(C#N)ccc3c2)CC1. The van der Waals surface area contributed by atoms with E-state index in [1.807, 2.05) is 24.3 Å². The molecule has 0 heterocycles. The molecule has 0 amide bonds. The van der Waals surface area contributed by atoms with Gasteiger partial charge in [0.15, 0.2) is 0 Å². The van der Waals surface area contributed by atoms with Gasteiger partial charge in [-0.3, -0.25) is 0 Å². The minimum absolute atomic E-state index is 0.124. The van der Waals surface area contributed by atoms with Crippen LogP contribution in [0, 0.1) is 23.1 Å². The lowest BCUT2D eigenvalue weighted by atomic mass is 9.77. The number of nitrogens with zero attached hydrogens (tertiary/aromatic N) is 1. The number of benzene rings is 2. The summed E-state index contributed by atoms with van der Waals surface area (Å²) in [6.45, 7) is 2.27. The molecule has 2 aromatic rings. The van der Waals surface area contributed by atoms with Crippen molar-refractivity contribution in [1.82, 2.24) is 0 Å². The van der Waals surface area contributed by atoms with E-state index in [2.05, 4.69) is 13.0 Å². The first kappa shape index (κ1) is 14.1. The van der Waals surface area contributed by atoms with Crippen molar-refractivity contribution in [3.8, 4) is 6.07 Å². The lowest BCUT2D eigenvalue weighted by Crippen LogP contribution is -2.12. The predicted molar refractivity (Wildman–Crippen MR) is 83.6 cm³/mol. The summed E-state index contributed by atoms with van der Waals surface area (Å²) >= 11 is 0. The van der Waals surface area contributed by atoms with Crippen molar-refractivity contribution in [2.45, 2.75) is 44.9 Å². The minimum Gasteiger partial charge on any atom is -0.205 e. The normalized spacial score (nSPS) is 22.1. The highest BCUT2D eigenvalue weighted by Gasteiger charge is 2.21. The van der Waals surface area contributed by atoms with E-state index in [1.165, 1.54) is 37.7 Å². The molecule has 1 nitrogen and oxygen atoms in total. The van der Waals surface area contributed by atoms with Crippen LogP contribution < -0.4 is 0 Å². The van der Waals surface area contributed by atoms with Gasteiger partial charge in [-0.1, -0.05) is 37.6 Å². The molecule has 0 N–H and O–H groups in total. The highest BCUT2D eigenvalue weighted by molar-refractivity contribution is 5.85. The number of nitriles is 1. The van der Waals surface area contributed by atoms with Crippen LogP contribution in [0.3, 0.4) is 0 Å². The summed E-state index contributed by atoms with van der Waals surface area (Å²) in [5.74, 6) is 1.10. The van der Waals surface area contributed by atoms with Gasteiger partial charge in [0, 0.05) is 5.39 Å². The van der Waals surface area contributed by atoms with Crippen molar-refractivity contribution in [3.63, 3.8) is 0 Å². The van der Waals surface area contributed by atoms with Gasteiger partial charge in [0.2, 0.25) is 0 Å². The van der Waals surface area contributed by atoms with Crippen LogP contribution in [0.25, 0.3) is 10.8 Å². The molecule has 21 heavy (non-hydrogen) atoms. The van der Waals surface area contributed by atoms with Crippen LogP contribution in [0.5, 0.6) is 0 Å². The van der Waals surface area contributed by atoms with E-state index in [0.29, 0.717) is 11.3 Å². The molecule has 0 radical (unpaired) electrons. The Morgan fingerprint density at radius 2 is 1.90 bits per heavy atom. The Balaban J connectivity index is 1.90. The van der Waals surface area contributed by atoms with Gasteiger partial charge in [-0.05, 0) is 54.5 Å². The van der Waals surface area contributed by atoms with E-state index >= 15 is 0 Å². The number of hydrogen-bond donors (Lipinski definition) is 0. The van der Waals surface area contributed by atoms with E-state index < -0.39 is 5.82 Å². The highest BCUT2D eigenvalue weighted by Crippen LogP contribution is 2.38. The highest BCUT2D eigenvalue weighted by atomic mass is 19.1. The quantitative estimate of drug-likeness (QED) is 0.709. The van der Waals surface area contributed by atoms with Crippen LogP contribution in [0.4, 0.5) is 4.39 Å². The largest absolute Gasteiger partial charge is 0.205 e. The monoisotopic (exact) mass is 281 g/mol. The van der Waals surface area contributed by atoms with Crippen LogP contribution in [-0.4, -0.2) is 0 Å². The van der Waals surface area contributed by atoms with Gasteiger partial charge in [0.05, 0.1) is 5.56 Å². The second-order valence-electron chi connectivity index (χ2n) is 6.15. The summed E-state index contributed by atoms with van der Waals surface area (Å²) in [4.78, 5) is 0. The topological polar surface area (TPSA) is 23.8 Å². The molecular formula is C19H20FN. The van der Waals surface area contributed by atoms with Gasteiger partial charge in [-0.15, -0.1) is 0 Å². The van der Waals surface area contributed by atoms with Crippen molar-refractivity contribution in [3.05, 3.63) is 47.3 Å². The average molecular weight is 281 g/mol. The third-order valence-electron chi connectivity index (χ3n) is 4.99. The van der Waals surface area contributed by atoms with Crippen molar-refractivity contribution in [2.75, 3.05) is 0 Å². The Kier molecular flexibility index (Phi) is 3.92. The molecule has 0 atom stereocenters. The van der Waals surface area contributed by atoms with E-state index in [-0.39, 0.29) is 5.56 Å². The average Bonchev–Trinajstić information content (AvgIpc) is 2.55. The predicted octanol–water partition coefficient (Wildman–Crippen LogP) is 5.53. The van der Waals surface area contributed by atoms with Gasteiger partial charge in [-0.25, -0.2) is 4.39 Å². The second kappa shape index (κ2) is 5.85. The number of hydrogen-bond acceptors (Lipinski definition) is 1. The summed E-state index contributed by atoms with van der Waals surface area (Å²) in [6.07, 6.45) is 6.38. The molecule has 0 bridgehead atoms. The summed E-state index contributed by atoms with van der Waals surface area (Å²) in [6, 6.07) is 11.3. The van der Waals surface area contributed by atoms with Crippen molar-refractivity contribution >= 4 is 10.8 Å². The zero-order valence-corrected chi connectivity index (χ0v) is 12.4. The van der Waals surface area contributed by atoms with E-state index in [0.717, 1.165) is 11.3 Å². The van der Waals surface area contributed by atoms with Crippen molar-refractivity contribution in [2.24, 2.45) is 5.92 Å². The Hall–Kier alpha value is -1.88. The number of fused-ring (bicyclic) bond motifs is 1. The van der Waals surface area contributed by atoms with Crippen molar-refractivity contribution < 1.29 is 4.39 Å². The lowest BCUT2D eigenvalue weighted by molar-refractivity contribution is 0.319. The fraction of sp³-hybridized carbons (Fsp3) is 0.421. The molecule has 2 aromatic carbocycles. The second-order valence-corrected chi connectivity index (χ2v) is 6.15. The molecule has 108 valence electrons. The molecule has 0 saturated heterocycles. The van der Waals surface area contributed by atoms with Crippen LogP contribution in [-0.2, 0) is 0 Å². The molecule has 1 saturated carbocycles. The summed E-state index contributed by atoms with van der Waals surface area (Å²) < 4.78 is 14.1. The first-order chi connectivity index (χ1) is 10.2. The van der Waals surface area contributed by atoms with Crippen molar-refractivity contribution in [1.29, 1.82) is 5.26 Å². The molecule has 0 aromatic heterocycles. The zero-order chi connectivity index (χ0) is 14.8. The molecule has 3 rings (SSSR count). The fourth-order valence-electron chi connectivity index (χ4n) is 3.55. The molecule has 1 aliphatic rings. The number of rotatable bonds is 2. The summed E-state index contributed by atoms with van der Waals surface area (Å²) in [7, 11) is 0. The maximum Gasteiger partial charge on any atom is 0.148 e.